The Balaban J connectivity index is 1.59. The van der Waals surface area contributed by atoms with Gasteiger partial charge in [-0.2, -0.15) is 0 Å². The lowest BCUT2D eigenvalue weighted by Gasteiger charge is -2.15. The van der Waals surface area contributed by atoms with Crippen LogP contribution in [0.25, 0.3) is 0 Å². The molecule has 1 N–H and O–H groups in total. The van der Waals surface area contributed by atoms with Crippen LogP contribution in [0.5, 0.6) is 11.5 Å². The molecule has 0 atom stereocenters. The Morgan fingerprint density at radius 3 is 2.34 bits per heavy atom. The van der Waals surface area contributed by atoms with E-state index in [0.717, 1.165) is 29.7 Å². The number of halogens is 2. The molecular weight excluding hydrogens is 389 g/mol. The molecule has 5 heteroatoms. The minimum Gasteiger partial charge on any atom is -0.490 e. The van der Waals surface area contributed by atoms with Crippen LogP contribution in [0.4, 0.5) is 4.39 Å². The van der Waals surface area contributed by atoms with Crippen LogP contribution in [-0.2, 0) is 19.6 Å². The molecule has 3 nitrogen and oxygen atoms in total. The number of ether oxygens (including phenoxy) is 2. The van der Waals surface area contributed by atoms with E-state index >= 15 is 0 Å². The lowest BCUT2D eigenvalue weighted by atomic mass is 10.1. The third kappa shape index (κ3) is 6.48. The minimum absolute atomic E-state index is 0.216. The molecule has 0 spiro atoms. The monoisotopic (exact) mass is 413 g/mol. The second-order valence-electron chi connectivity index (χ2n) is 6.65. The van der Waals surface area contributed by atoms with Gasteiger partial charge in [0.15, 0.2) is 11.5 Å². The molecule has 0 saturated heterocycles. The van der Waals surface area contributed by atoms with Crippen LogP contribution in [-0.4, -0.2) is 13.2 Å². The van der Waals surface area contributed by atoms with Gasteiger partial charge in [-0.05, 0) is 54.8 Å². The maximum Gasteiger partial charge on any atom is 0.163 e. The standard InChI is InChI=1S/C24H25ClFNO2/c1-2-28-23-14-20(16-27-13-12-18-8-10-21(26)11-9-18)22(25)15-24(23)29-17-19-6-4-3-5-7-19/h3-11,14-15,27H,2,12-13,16-17H2,1H3. The molecule has 3 rings (SSSR count). The highest BCUT2D eigenvalue weighted by Crippen LogP contribution is 2.34. The summed E-state index contributed by atoms with van der Waals surface area (Å²) in [4.78, 5) is 0. The van der Waals surface area contributed by atoms with Crippen molar-refractivity contribution < 1.29 is 13.9 Å². The van der Waals surface area contributed by atoms with Gasteiger partial charge in [-0.3, -0.25) is 0 Å². The van der Waals surface area contributed by atoms with E-state index in [4.69, 9.17) is 21.1 Å². The molecule has 0 aliphatic rings. The normalized spacial score (nSPS) is 10.7. The molecule has 0 bridgehead atoms. The van der Waals surface area contributed by atoms with Gasteiger partial charge in [0.05, 0.1) is 6.61 Å². The van der Waals surface area contributed by atoms with Gasteiger partial charge < -0.3 is 14.8 Å². The first-order valence-electron chi connectivity index (χ1n) is 9.73. The Morgan fingerprint density at radius 2 is 1.62 bits per heavy atom. The van der Waals surface area contributed by atoms with Crippen LogP contribution in [0.3, 0.4) is 0 Å². The van der Waals surface area contributed by atoms with E-state index in [1.54, 1.807) is 12.1 Å². The van der Waals surface area contributed by atoms with E-state index in [2.05, 4.69) is 5.32 Å². The van der Waals surface area contributed by atoms with Gasteiger partial charge in [0, 0.05) is 17.6 Å². The summed E-state index contributed by atoms with van der Waals surface area (Å²) in [5, 5.41) is 4.01. The first kappa shape index (κ1) is 21.2. The molecular formula is C24H25ClFNO2. The fourth-order valence-electron chi connectivity index (χ4n) is 2.94. The van der Waals surface area contributed by atoms with Crippen LogP contribution in [0.15, 0.2) is 66.7 Å². The lowest BCUT2D eigenvalue weighted by molar-refractivity contribution is 0.269. The van der Waals surface area contributed by atoms with Crippen molar-refractivity contribution in [3.8, 4) is 11.5 Å². The highest BCUT2D eigenvalue weighted by molar-refractivity contribution is 6.31. The van der Waals surface area contributed by atoms with Gasteiger partial charge in [0.1, 0.15) is 12.4 Å². The molecule has 0 saturated carbocycles. The molecule has 0 aliphatic heterocycles. The van der Waals surface area contributed by atoms with Crippen molar-refractivity contribution in [2.24, 2.45) is 0 Å². The molecule has 0 unspecified atom stereocenters. The summed E-state index contributed by atoms with van der Waals surface area (Å²) >= 11 is 6.48. The maximum absolute atomic E-state index is 13.0. The van der Waals surface area contributed by atoms with E-state index in [9.17, 15) is 4.39 Å². The quantitative estimate of drug-likeness (QED) is 0.427. The van der Waals surface area contributed by atoms with Crippen LogP contribution in [0, 0.1) is 5.82 Å². The predicted octanol–water partition coefficient (Wildman–Crippen LogP) is 5.79. The molecule has 3 aromatic rings. The topological polar surface area (TPSA) is 30.5 Å². The predicted molar refractivity (Wildman–Crippen MR) is 115 cm³/mol. The SMILES string of the molecule is CCOc1cc(CNCCc2ccc(F)cc2)c(Cl)cc1OCc1ccccc1. The average molecular weight is 414 g/mol. The third-order valence-electron chi connectivity index (χ3n) is 4.47. The Labute approximate surface area is 176 Å². The van der Waals surface area contributed by atoms with E-state index in [-0.39, 0.29) is 5.82 Å². The molecule has 3 aromatic carbocycles. The molecule has 0 fully saturated rings. The van der Waals surface area contributed by atoms with Crippen LogP contribution >= 0.6 is 11.6 Å². The number of benzene rings is 3. The van der Waals surface area contributed by atoms with Crippen molar-refractivity contribution in [3.05, 3.63) is 94.3 Å². The summed E-state index contributed by atoms with van der Waals surface area (Å²) in [5.41, 5.74) is 3.11. The summed E-state index contributed by atoms with van der Waals surface area (Å²) in [6, 6.07) is 20.3. The van der Waals surface area contributed by atoms with Crippen molar-refractivity contribution in [3.63, 3.8) is 0 Å². The number of hydrogen-bond donors (Lipinski definition) is 1. The molecule has 0 heterocycles. The zero-order chi connectivity index (χ0) is 20.5. The minimum atomic E-state index is -0.216. The van der Waals surface area contributed by atoms with E-state index in [1.807, 2.05) is 49.4 Å². The van der Waals surface area contributed by atoms with Crippen LogP contribution < -0.4 is 14.8 Å². The zero-order valence-electron chi connectivity index (χ0n) is 16.5. The second-order valence-corrected chi connectivity index (χ2v) is 7.06. The fourth-order valence-corrected chi connectivity index (χ4v) is 3.16. The smallest absolute Gasteiger partial charge is 0.163 e. The summed E-state index contributed by atoms with van der Waals surface area (Å²) < 4.78 is 24.7. The van der Waals surface area contributed by atoms with Gasteiger partial charge in [-0.15, -0.1) is 0 Å². The summed E-state index contributed by atoms with van der Waals surface area (Å²) in [7, 11) is 0. The molecule has 0 aromatic heterocycles. The Bertz CT molecular complexity index is 901. The number of rotatable bonds is 10. The summed E-state index contributed by atoms with van der Waals surface area (Å²) in [6.07, 6.45) is 0.814. The van der Waals surface area contributed by atoms with E-state index in [1.165, 1.54) is 12.1 Å². The number of hydrogen-bond acceptors (Lipinski definition) is 3. The average Bonchev–Trinajstić information content (AvgIpc) is 2.74. The van der Waals surface area contributed by atoms with Gasteiger partial charge in [-0.25, -0.2) is 4.39 Å². The van der Waals surface area contributed by atoms with Gasteiger partial charge in [0.2, 0.25) is 0 Å². The van der Waals surface area contributed by atoms with Crippen molar-refractivity contribution in [1.29, 1.82) is 0 Å². The molecule has 0 radical (unpaired) electrons. The van der Waals surface area contributed by atoms with Gasteiger partial charge in [-0.1, -0.05) is 54.1 Å². The molecule has 29 heavy (non-hydrogen) atoms. The van der Waals surface area contributed by atoms with Crippen LogP contribution in [0.2, 0.25) is 5.02 Å². The summed E-state index contributed by atoms with van der Waals surface area (Å²) in [5.74, 6) is 1.10. The third-order valence-corrected chi connectivity index (χ3v) is 4.82. The highest BCUT2D eigenvalue weighted by Gasteiger charge is 2.11. The largest absolute Gasteiger partial charge is 0.490 e. The Morgan fingerprint density at radius 1 is 0.897 bits per heavy atom. The van der Waals surface area contributed by atoms with E-state index < -0.39 is 0 Å². The van der Waals surface area contributed by atoms with Crippen molar-refractivity contribution >= 4 is 11.6 Å². The molecule has 0 aliphatic carbocycles. The lowest BCUT2D eigenvalue weighted by Crippen LogP contribution is -2.17. The van der Waals surface area contributed by atoms with Gasteiger partial charge >= 0.3 is 0 Å². The van der Waals surface area contributed by atoms with E-state index in [0.29, 0.717) is 36.3 Å². The van der Waals surface area contributed by atoms with Crippen molar-refractivity contribution in [2.75, 3.05) is 13.2 Å². The first-order chi connectivity index (χ1) is 14.2. The second kappa shape index (κ2) is 10.8. The van der Waals surface area contributed by atoms with Crippen LogP contribution in [0.1, 0.15) is 23.6 Å². The number of nitrogens with one attached hydrogen (secondary N) is 1. The Kier molecular flexibility index (Phi) is 7.91. The zero-order valence-corrected chi connectivity index (χ0v) is 17.2. The van der Waals surface area contributed by atoms with Crippen molar-refractivity contribution in [2.45, 2.75) is 26.5 Å². The highest BCUT2D eigenvalue weighted by atomic mass is 35.5. The van der Waals surface area contributed by atoms with Crippen molar-refractivity contribution in [1.82, 2.24) is 5.32 Å². The van der Waals surface area contributed by atoms with Gasteiger partial charge in [0.25, 0.3) is 0 Å². The molecule has 0 amide bonds. The summed E-state index contributed by atoms with van der Waals surface area (Å²) in [6.45, 7) is 4.31. The fraction of sp³-hybridized carbons (Fsp3) is 0.250. The maximum atomic E-state index is 13.0. The molecule has 152 valence electrons. The first-order valence-corrected chi connectivity index (χ1v) is 10.1. The Hall–Kier alpha value is -2.56.